The van der Waals surface area contributed by atoms with Gasteiger partial charge in [-0.3, -0.25) is 0 Å². The maximum absolute atomic E-state index is 12.3. The summed E-state index contributed by atoms with van der Waals surface area (Å²) in [6.45, 7) is 3.81. The largest absolute Gasteiger partial charge is 0.389 e. The fourth-order valence-electron chi connectivity index (χ4n) is 1.63. The molecule has 8 heteroatoms. The minimum Gasteiger partial charge on any atom is -0.389 e. The van der Waals surface area contributed by atoms with Gasteiger partial charge in [0.1, 0.15) is 9.20 Å². The molecule has 0 aliphatic heterocycles. The van der Waals surface area contributed by atoms with Gasteiger partial charge in [-0.15, -0.1) is 22.7 Å². The first-order valence-corrected chi connectivity index (χ1v) is 9.30. The van der Waals surface area contributed by atoms with Crippen LogP contribution in [0.25, 0.3) is 0 Å². The molecule has 1 unspecified atom stereocenters. The van der Waals surface area contributed by atoms with E-state index in [-0.39, 0.29) is 15.2 Å². The summed E-state index contributed by atoms with van der Waals surface area (Å²) >= 11 is 7.49. The van der Waals surface area contributed by atoms with Crippen molar-refractivity contribution in [2.45, 2.75) is 24.1 Å². The van der Waals surface area contributed by atoms with Gasteiger partial charge >= 0.3 is 0 Å². The molecule has 0 saturated carbocycles. The minimum atomic E-state index is -3.55. The number of rotatable bonds is 5. The summed E-state index contributed by atoms with van der Waals surface area (Å²) in [6, 6.07) is 6.78. The Morgan fingerprint density at radius 3 is 2.50 bits per heavy atom. The third-order valence-electron chi connectivity index (χ3n) is 2.61. The van der Waals surface area contributed by atoms with Gasteiger partial charge < -0.3 is 5.73 Å². The van der Waals surface area contributed by atoms with Crippen LogP contribution in [0.1, 0.15) is 27.6 Å². The molecule has 4 nitrogen and oxygen atoms in total. The summed E-state index contributed by atoms with van der Waals surface area (Å²) < 4.78 is 27.4. The molecular weight excluding hydrogens is 332 g/mol. The average molecular weight is 347 g/mol. The Labute approximate surface area is 131 Å². The van der Waals surface area contributed by atoms with Crippen molar-refractivity contribution in [1.29, 1.82) is 0 Å². The van der Waals surface area contributed by atoms with Gasteiger partial charge in [0.2, 0.25) is 0 Å². The molecule has 2 heterocycles. The lowest BCUT2D eigenvalue weighted by atomic mass is 10.3. The topological polar surface area (TPSA) is 72.2 Å². The lowest BCUT2D eigenvalue weighted by molar-refractivity contribution is 0.570. The molecule has 3 N–H and O–H groups in total. The molecule has 0 amide bonds. The third kappa shape index (κ3) is 3.44. The van der Waals surface area contributed by atoms with Gasteiger partial charge in [0.15, 0.2) is 0 Å². The van der Waals surface area contributed by atoms with Crippen molar-refractivity contribution in [3.63, 3.8) is 0 Å². The van der Waals surface area contributed by atoms with Crippen molar-refractivity contribution >= 4 is 49.9 Å². The van der Waals surface area contributed by atoms with Crippen LogP contribution in [-0.4, -0.2) is 13.4 Å². The van der Waals surface area contributed by atoms with Crippen LogP contribution < -0.4 is 10.5 Å². The Morgan fingerprint density at radius 2 is 2.00 bits per heavy atom. The van der Waals surface area contributed by atoms with Crippen LogP contribution in [0, 0.1) is 6.92 Å². The molecule has 2 rings (SSSR count). The van der Waals surface area contributed by atoms with E-state index in [1.54, 1.807) is 17.4 Å². The van der Waals surface area contributed by atoms with Crippen molar-refractivity contribution in [1.82, 2.24) is 4.72 Å². The van der Waals surface area contributed by atoms with Gasteiger partial charge in [0.25, 0.3) is 10.0 Å². The summed E-state index contributed by atoms with van der Waals surface area (Å²) in [4.78, 5) is 2.94. The van der Waals surface area contributed by atoms with Crippen LogP contribution in [0.4, 0.5) is 0 Å². The molecule has 0 bridgehead atoms. The van der Waals surface area contributed by atoms with Crippen LogP contribution in [0.5, 0.6) is 0 Å². The highest BCUT2D eigenvalue weighted by atomic mass is 32.2. The molecule has 108 valence electrons. The maximum atomic E-state index is 12.3. The van der Waals surface area contributed by atoms with E-state index in [0.29, 0.717) is 4.88 Å². The second kappa shape index (κ2) is 5.90. The van der Waals surface area contributed by atoms with Crippen molar-refractivity contribution < 1.29 is 8.42 Å². The Balaban J connectivity index is 2.20. The van der Waals surface area contributed by atoms with Gasteiger partial charge in [0, 0.05) is 9.75 Å². The van der Waals surface area contributed by atoms with Gasteiger partial charge in [-0.2, -0.15) is 0 Å². The second-order valence-corrected chi connectivity index (χ2v) is 9.06. The van der Waals surface area contributed by atoms with Crippen molar-refractivity contribution in [2.75, 3.05) is 0 Å². The highest BCUT2D eigenvalue weighted by Gasteiger charge is 2.21. The number of thiocarbonyl (C=S) groups is 1. The third-order valence-corrected chi connectivity index (χ3v) is 7.29. The first kappa shape index (κ1) is 15.6. The zero-order chi connectivity index (χ0) is 14.9. The number of hydrogen-bond donors (Lipinski definition) is 2. The smallest absolute Gasteiger partial charge is 0.250 e. The number of sulfonamides is 1. The summed E-state index contributed by atoms with van der Waals surface area (Å²) in [5, 5.41) is 0. The summed E-state index contributed by atoms with van der Waals surface area (Å²) in [5.41, 5.74) is 5.49. The van der Waals surface area contributed by atoms with Crippen molar-refractivity contribution in [2.24, 2.45) is 5.73 Å². The van der Waals surface area contributed by atoms with Gasteiger partial charge in [-0.1, -0.05) is 12.2 Å². The van der Waals surface area contributed by atoms with Crippen LogP contribution in [0.3, 0.4) is 0 Å². The Kier molecular flexibility index (Phi) is 4.60. The van der Waals surface area contributed by atoms with Gasteiger partial charge in [-0.25, -0.2) is 13.1 Å². The molecule has 0 aliphatic carbocycles. The zero-order valence-corrected chi connectivity index (χ0v) is 14.2. The van der Waals surface area contributed by atoms with E-state index in [1.807, 2.05) is 26.0 Å². The highest BCUT2D eigenvalue weighted by molar-refractivity contribution is 7.91. The minimum absolute atomic E-state index is 0.207. The first-order chi connectivity index (χ1) is 9.29. The summed E-state index contributed by atoms with van der Waals surface area (Å²) in [7, 11) is -3.55. The Morgan fingerprint density at radius 1 is 1.30 bits per heavy atom. The maximum Gasteiger partial charge on any atom is 0.250 e. The van der Waals surface area contributed by atoms with Crippen molar-refractivity contribution in [3.05, 3.63) is 38.9 Å². The number of nitrogens with two attached hydrogens (primary N) is 1. The lowest BCUT2D eigenvalue weighted by Crippen LogP contribution is -2.25. The zero-order valence-electron chi connectivity index (χ0n) is 10.9. The number of hydrogen-bond acceptors (Lipinski definition) is 5. The van der Waals surface area contributed by atoms with Crippen LogP contribution in [0.2, 0.25) is 0 Å². The fourth-order valence-corrected chi connectivity index (χ4v) is 5.18. The molecular formula is C12H14N2O2S4. The molecule has 0 radical (unpaired) electrons. The number of nitrogens with one attached hydrogen (secondary N) is 1. The van der Waals surface area contributed by atoms with E-state index >= 15 is 0 Å². The molecule has 0 aliphatic rings. The number of thiophene rings is 2. The van der Waals surface area contributed by atoms with E-state index in [4.69, 9.17) is 18.0 Å². The standard InChI is InChI=1S/C12H14N2O2S4/c1-7-3-4-9(18-7)8(2)14-20(15,16)11-6-5-10(19-11)12(13)17/h3-6,8,14H,1-2H3,(H2,13,17). The predicted octanol–water partition coefficient (Wildman–Crippen LogP) is 2.79. The first-order valence-electron chi connectivity index (χ1n) is 5.78. The molecule has 2 aromatic rings. The van der Waals surface area contributed by atoms with E-state index in [1.165, 1.54) is 6.07 Å². The summed E-state index contributed by atoms with van der Waals surface area (Å²) in [6.07, 6.45) is 0. The number of aryl methyl sites for hydroxylation is 1. The SMILES string of the molecule is Cc1ccc(C(C)NS(=O)(=O)c2ccc(C(N)=S)s2)s1. The van der Waals surface area contributed by atoms with Gasteiger partial charge in [0.05, 0.1) is 10.9 Å². The monoisotopic (exact) mass is 346 g/mol. The summed E-state index contributed by atoms with van der Waals surface area (Å²) in [5.74, 6) is 0. The molecule has 0 aromatic carbocycles. The Hall–Kier alpha value is -0.800. The van der Waals surface area contributed by atoms with Crippen LogP contribution in [0.15, 0.2) is 28.5 Å². The molecule has 2 aromatic heterocycles. The molecule has 0 fully saturated rings. The molecule has 1 atom stereocenters. The van der Waals surface area contributed by atoms with E-state index in [9.17, 15) is 8.42 Å². The fraction of sp³-hybridized carbons (Fsp3) is 0.250. The van der Waals surface area contributed by atoms with Gasteiger partial charge in [-0.05, 0) is 38.1 Å². The van der Waals surface area contributed by atoms with Crippen LogP contribution >= 0.6 is 34.9 Å². The molecule has 0 saturated heterocycles. The quantitative estimate of drug-likeness (QED) is 0.817. The van der Waals surface area contributed by atoms with Crippen LogP contribution in [-0.2, 0) is 10.0 Å². The Bertz CT molecular complexity index is 730. The predicted molar refractivity (Wildman–Crippen MR) is 88.0 cm³/mol. The normalized spacial score (nSPS) is 13.3. The van der Waals surface area contributed by atoms with E-state index in [2.05, 4.69) is 4.72 Å². The molecule has 0 spiro atoms. The average Bonchev–Trinajstić information content (AvgIpc) is 2.96. The van der Waals surface area contributed by atoms with E-state index < -0.39 is 10.0 Å². The van der Waals surface area contributed by atoms with Crippen molar-refractivity contribution in [3.8, 4) is 0 Å². The van der Waals surface area contributed by atoms with E-state index in [0.717, 1.165) is 21.1 Å². The lowest BCUT2D eigenvalue weighted by Gasteiger charge is -2.11. The highest BCUT2D eigenvalue weighted by Crippen LogP contribution is 2.26. The second-order valence-electron chi connectivity index (χ2n) is 4.27. The molecule has 20 heavy (non-hydrogen) atoms.